The van der Waals surface area contributed by atoms with E-state index in [2.05, 4.69) is 0 Å². The zero-order valence-electron chi connectivity index (χ0n) is 5.81. The Balaban J connectivity index is 2.83. The molecule has 0 amide bonds. The third-order valence-corrected chi connectivity index (χ3v) is 1.04. The van der Waals surface area contributed by atoms with Gasteiger partial charge in [0.15, 0.2) is 0 Å². The standard InChI is InChI=1S/C6H14N2O/c1-9-5-3-2-4-6(7)8/h2-5H2,1H3,(H3,7,8). The van der Waals surface area contributed by atoms with E-state index < -0.39 is 0 Å². The number of nitrogens with one attached hydrogen (secondary N) is 1. The number of unbranched alkanes of at least 4 members (excludes halogenated alkanes) is 1. The predicted octanol–water partition coefficient (Wildman–Crippen LogP) is 0.739. The van der Waals surface area contributed by atoms with Crippen LogP contribution >= 0.6 is 0 Å². The van der Waals surface area contributed by atoms with Crippen LogP contribution in [0.4, 0.5) is 0 Å². The van der Waals surface area contributed by atoms with Crippen LogP contribution in [-0.2, 0) is 4.74 Å². The quantitative estimate of drug-likeness (QED) is 0.327. The van der Waals surface area contributed by atoms with Crippen molar-refractivity contribution in [2.75, 3.05) is 13.7 Å². The zero-order chi connectivity index (χ0) is 7.11. The third kappa shape index (κ3) is 7.43. The van der Waals surface area contributed by atoms with Crippen LogP contribution in [0.3, 0.4) is 0 Å². The zero-order valence-corrected chi connectivity index (χ0v) is 5.81. The van der Waals surface area contributed by atoms with Crippen molar-refractivity contribution in [3.63, 3.8) is 0 Å². The molecule has 0 aromatic heterocycles. The summed E-state index contributed by atoms with van der Waals surface area (Å²) in [4.78, 5) is 0. The molecular formula is C6H14N2O. The number of amidine groups is 1. The van der Waals surface area contributed by atoms with Crippen molar-refractivity contribution in [2.45, 2.75) is 19.3 Å². The highest BCUT2D eigenvalue weighted by molar-refractivity contribution is 5.76. The van der Waals surface area contributed by atoms with E-state index in [1.165, 1.54) is 0 Å². The molecule has 0 aliphatic rings. The van der Waals surface area contributed by atoms with Gasteiger partial charge in [0.05, 0.1) is 5.84 Å². The molecule has 0 bridgehead atoms. The summed E-state index contributed by atoms with van der Waals surface area (Å²) in [6, 6.07) is 0. The molecule has 3 nitrogen and oxygen atoms in total. The van der Waals surface area contributed by atoms with Gasteiger partial charge in [-0.1, -0.05) is 0 Å². The molecule has 0 aromatic rings. The Labute approximate surface area is 55.7 Å². The second kappa shape index (κ2) is 5.56. The Kier molecular flexibility index (Phi) is 5.21. The van der Waals surface area contributed by atoms with Crippen molar-refractivity contribution < 1.29 is 4.74 Å². The summed E-state index contributed by atoms with van der Waals surface area (Å²) in [6.07, 6.45) is 2.66. The summed E-state index contributed by atoms with van der Waals surface area (Å²) in [6.45, 7) is 0.771. The minimum Gasteiger partial charge on any atom is -0.388 e. The summed E-state index contributed by atoms with van der Waals surface area (Å²) in [5.41, 5.74) is 5.12. The number of methoxy groups -OCH3 is 1. The van der Waals surface area contributed by atoms with E-state index in [4.69, 9.17) is 15.9 Å². The van der Waals surface area contributed by atoms with E-state index in [9.17, 15) is 0 Å². The Bertz CT molecular complexity index is 83.1. The predicted molar refractivity (Wildman–Crippen MR) is 37.6 cm³/mol. The van der Waals surface area contributed by atoms with Crippen LogP contribution in [0, 0.1) is 5.41 Å². The van der Waals surface area contributed by atoms with Crippen LogP contribution in [0.1, 0.15) is 19.3 Å². The molecule has 0 saturated carbocycles. The number of ether oxygens (including phenoxy) is 1. The summed E-state index contributed by atoms with van der Waals surface area (Å²) < 4.78 is 4.81. The van der Waals surface area contributed by atoms with Gasteiger partial charge in [-0.15, -0.1) is 0 Å². The molecule has 54 valence electrons. The summed E-state index contributed by atoms with van der Waals surface area (Å²) in [5.74, 6) is 0.270. The molecule has 0 fully saturated rings. The average Bonchev–Trinajstić information content (AvgIpc) is 1.80. The molecule has 0 aliphatic heterocycles. The van der Waals surface area contributed by atoms with E-state index in [1.807, 2.05) is 0 Å². The van der Waals surface area contributed by atoms with Gasteiger partial charge in [0.1, 0.15) is 0 Å². The number of nitrogens with two attached hydrogens (primary N) is 1. The van der Waals surface area contributed by atoms with Gasteiger partial charge in [-0.25, -0.2) is 0 Å². The van der Waals surface area contributed by atoms with E-state index in [-0.39, 0.29) is 5.84 Å². The molecule has 0 spiro atoms. The van der Waals surface area contributed by atoms with Crippen LogP contribution in [0.15, 0.2) is 0 Å². The maximum absolute atomic E-state index is 6.87. The van der Waals surface area contributed by atoms with E-state index in [1.54, 1.807) is 7.11 Å². The van der Waals surface area contributed by atoms with Crippen LogP contribution in [0.25, 0.3) is 0 Å². The smallest absolute Gasteiger partial charge is 0.0905 e. The van der Waals surface area contributed by atoms with E-state index in [0.29, 0.717) is 6.42 Å². The van der Waals surface area contributed by atoms with E-state index in [0.717, 1.165) is 19.4 Å². The first kappa shape index (κ1) is 8.43. The van der Waals surface area contributed by atoms with Gasteiger partial charge in [-0.2, -0.15) is 0 Å². The maximum atomic E-state index is 6.87. The second-order valence-corrected chi connectivity index (χ2v) is 1.98. The fourth-order valence-corrected chi connectivity index (χ4v) is 0.562. The van der Waals surface area contributed by atoms with Gasteiger partial charge >= 0.3 is 0 Å². The highest BCUT2D eigenvalue weighted by atomic mass is 16.5. The monoisotopic (exact) mass is 130 g/mol. The molecule has 0 rings (SSSR count). The van der Waals surface area contributed by atoms with Crippen molar-refractivity contribution in [1.82, 2.24) is 0 Å². The fraction of sp³-hybridized carbons (Fsp3) is 0.833. The summed E-state index contributed by atoms with van der Waals surface area (Å²) >= 11 is 0. The van der Waals surface area contributed by atoms with Crippen molar-refractivity contribution >= 4 is 5.84 Å². The van der Waals surface area contributed by atoms with Gasteiger partial charge in [0.2, 0.25) is 0 Å². The van der Waals surface area contributed by atoms with Crippen molar-refractivity contribution in [2.24, 2.45) is 5.73 Å². The molecular weight excluding hydrogens is 116 g/mol. The van der Waals surface area contributed by atoms with Crippen molar-refractivity contribution in [3.8, 4) is 0 Å². The fourth-order valence-electron chi connectivity index (χ4n) is 0.562. The van der Waals surface area contributed by atoms with Crippen molar-refractivity contribution in [3.05, 3.63) is 0 Å². The Morgan fingerprint density at radius 1 is 1.56 bits per heavy atom. The molecule has 0 aliphatic carbocycles. The number of hydrogen-bond acceptors (Lipinski definition) is 2. The molecule has 0 heterocycles. The van der Waals surface area contributed by atoms with Crippen LogP contribution < -0.4 is 5.73 Å². The van der Waals surface area contributed by atoms with Gasteiger partial charge in [-0.05, 0) is 12.8 Å². The number of rotatable bonds is 5. The SMILES string of the molecule is COCCCCC(=N)N. The highest BCUT2D eigenvalue weighted by Gasteiger charge is 1.88. The topological polar surface area (TPSA) is 59.1 Å². The lowest BCUT2D eigenvalue weighted by Gasteiger charge is -1.96. The van der Waals surface area contributed by atoms with Crippen LogP contribution in [0.2, 0.25) is 0 Å². The van der Waals surface area contributed by atoms with E-state index >= 15 is 0 Å². The Hall–Kier alpha value is -0.570. The Morgan fingerprint density at radius 2 is 2.22 bits per heavy atom. The van der Waals surface area contributed by atoms with Crippen LogP contribution in [-0.4, -0.2) is 19.6 Å². The molecule has 0 unspecified atom stereocenters. The first-order valence-corrected chi connectivity index (χ1v) is 3.09. The molecule has 0 atom stereocenters. The minimum atomic E-state index is 0.270. The molecule has 0 radical (unpaired) electrons. The number of hydrogen-bond donors (Lipinski definition) is 2. The molecule has 0 saturated heterocycles. The highest BCUT2D eigenvalue weighted by Crippen LogP contribution is 1.93. The normalized spacial score (nSPS) is 9.44. The molecule has 9 heavy (non-hydrogen) atoms. The Morgan fingerprint density at radius 3 is 2.67 bits per heavy atom. The minimum absolute atomic E-state index is 0.270. The average molecular weight is 130 g/mol. The summed E-state index contributed by atoms with van der Waals surface area (Å²) in [7, 11) is 1.67. The first-order valence-electron chi connectivity index (χ1n) is 3.09. The van der Waals surface area contributed by atoms with Gasteiger partial charge < -0.3 is 10.5 Å². The van der Waals surface area contributed by atoms with Gasteiger partial charge in [0, 0.05) is 20.1 Å². The second-order valence-electron chi connectivity index (χ2n) is 1.98. The van der Waals surface area contributed by atoms with Gasteiger partial charge in [0.25, 0.3) is 0 Å². The van der Waals surface area contributed by atoms with Crippen LogP contribution in [0.5, 0.6) is 0 Å². The lowest BCUT2D eigenvalue weighted by molar-refractivity contribution is 0.193. The maximum Gasteiger partial charge on any atom is 0.0905 e. The first-order chi connectivity index (χ1) is 4.27. The lowest BCUT2D eigenvalue weighted by Crippen LogP contribution is -2.08. The summed E-state index contributed by atoms with van der Waals surface area (Å²) in [5, 5.41) is 6.87. The largest absolute Gasteiger partial charge is 0.388 e. The molecule has 3 N–H and O–H groups in total. The molecule has 3 heteroatoms. The lowest BCUT2D eigenvalue weighted by atomic mass is 10.2. The van der Waals surface area contributed by atoms with Crippen molar-refractivity contribution in [1.29, 1.82) is 5.41 Å². The molecule has 0 aromatic carbocycles. The third-order valence-electron chi connectivity index (χ3n) is 1.04. The van der Waals surface area contributed by atoms with Gasteiger partial charge in [-0.3, -0.25) is 5.41 Å².